The molecule has 0 radical (unpaired) electrons. The number of aryl methyl sites for hydroxylation is 3. The van der Waals surface area contributed by atoms with Crippen molar-refractivity contribution >= 4 is 17.9 Å². The van der Waals surface area contributed by atoms with Crippen LogP contribution >= 0.6 is 0 Å². The fourth-order valence-electron chi connectivity index (χ4n) is 2.73. The molecule has 0 saturated heterocycles. The number of furan rings is 1. The van der Waals surface area contributed by atoms with Crippen LogP contribution in [0.3, 0.4) is 0 Å². The zero-order valence-electron chi connectivity index (χ0n) is 16.5. The van der Waals surface area contributed by atoms with Crippen LogP contribution in [-0.2, 0) is 11.3 Å². The van der Waals surface area contributed by atoms with Crippen molar-refractivity contribution in [3.63, 3.8) is 0 Å². The molecule has 150 valence electrons. The third-order valence-electron chi connectivity index (χ3n) is 4.53. The van der Waals surface area contributed by atoms with Crippen LogP contribution in [0.1, 0.15) is 33.7 Å². The number of hydrogen-bond acceptors (Lipinski definition) is 4. The van der Waals surface area contributed by atoms with Gasteiger partial charge >= 0.3 is 0 Å². The minimum absolute atomic E-state index is 0.130. The normalized spacial score (nSPS) is 11.3. The molecule has 1 aromatic carbocycles. The van der Waals surface area contributed by atoms with Crippen LogP contribution in [0.25, 0.3) is 6.08 Å². The molecule has 7 nitrogen and oxygen atoms in total. The van der Waals surface area contributed by atoms with Crippen LogP contribution in [0.15, 0.2) is 65.4 Å². The van der Waals surface area contributed by atoms with Crippen LogP contribution in [0, 0.1) is 13.8 Å². The van der Waals surface area contributed by atoms with Crippen LogP contribution in [0.5, 0.6) is 0 Å². The highest BCUT2D eigenvalue weighted by atomic mass is 16.3. The Bertz CT molecular complexity index is 989. The summed E-state index contributed by atoms with van der Waals surface area (Å²) in [5, 5.41) is 5.55. The number of hydrogen-bond donors (Lipinski definition) is 2. The van der Waals surface area contributed by atoms with Gasteiger partial charge in [0, 0.05) is 37.1 Å². The third kappa shape index (κ3) is 5.68. The molecule has 0 spiro atoms. The number of benzene rings is 1. The molecular formula is C22H24N4O3. The Kier molecular flexibility index (Phi) is 6.63. The first-order valence-electron chi connectivity index (χ1n) is 9.40. The first-order chi connectivity index (χ1) is 14.0. The van der Waals surface area contributed by atoms with Gasteiger partial charge in [-0.15, -0.1) is 0 Å². The fourth-order valence-corrected chi connectivity index (χ4v) is 2.73. The van der Waals surface area contributed by atoms with E-state index in [1.807, 2.05) is 30.7 Å². The Morgan fingerprint density at radius 2 is 2.07 bits per heavy atom. The molecule has 0 fully saturated rings. The van der Waals surface area contributed by atoms with Gasteiger partial charge in [0.25, 0.3) is 11.8 Å². The minimum atomic E-state index is -0.371. The van der Waals surface area contributed by atoms with E-state index in [4.69, 9.17) is 4.42 Å². The molecule has 2 N–H and O–H groups in total. The summed E-state index contributed by atoms with van der Waals surface area (Å²) in [5.74, 6) is -0.238. The van der Waals surface area contributed by atoms with Crippen molar-refractivity contribution in [1.29, 1.82) is 0 Å². The number of amides is 2. The lowest BCUT2D eigenvalue weighted by Crippen LogP contribution is -2.35. The summed E-state index contributed by atoms with van der Waals surface area (Å²) in [7, 11) is 0. The lowest BCUT2D eigenvalue weighted by atomic mass is 10.1. The third-order valence-corrected chi connectivity index (χ3v) is 4.53. The van der Waals surface area contributed by atoms with E-state index in [-0.39, 0.29) is 17.5 Å². The van der Waals surface area contributed by atoms with Gasteiger partial charge in [-0.1, -0.05) is 6.07 Å². The quantitative estimate of drug-likeness (QED) is 0.455. The van der Waals surface area contributed by atoms with Gasteiger partial charge in [0.15, 0.2) is 0 Å². The zero-order chi connectivity index (χ0) is 20.6. The van der Waals surface area contributed by atoms with E-state index in [9.17, 15) is 9.59 Å². The van der Waals surface area contributed by atoms with Crippen LogP contribution in [0.2, 0.25) is 0 Å². The molecule has 0 unspecified atom stereocenters. The molecule has 0 aliphatic heterocycles. The Morgan fingerprint density at radius 3 is 2.76 bits per heavy atom. The molecule has 0 aliphatic rings. The van der Waals surface area contributed by atoms with E-state index in [0.717, 1.165) is 24.1 Å². The van der Waals surface area contributed by atoms with Crippen molar-refractivity contribution in [3.05, 3.63) is 83.5 Å². The van der Waals surface area contributed by atoms with Crippen molar-refractivity contribution in [1.82, 2.24) is 20.2 Å². The number of nitrogens with one attached hydrogen (secondary N) is 2. The first-order valence-corrected chi connectivity index (χ1v) is 9.40. The molecule has 2 heterocycles. The van der Waals surface area contributed by atoms with Gasteiger partial charge in [0.2, 0.25) is 0 Å². The highest BCUT2D eigenvalue weighted by molar-refractivity contribution is 6.05. The topological polar surface area (TPSA) is 89.2 Å². The molecule has 0 bridgehead atoms. The minimum Gasteiger partial charge on any atom is -0.465 e. The monoisotopic (exact) mass is 392 g/mol. The van der Waals surface area contributed by atoms with Crippen LogP contribution < -0.4 is 10.6 Å². The predicted octanol–water partition coefficient (Wildman–Crippen LogP) is 3.07. The van der Waals surface area contributed by atoms with Crippen molar-refractivity contribution in [2.24, 2.45) is 0 Å². The molecule has 3 aromatic rings. The summed E-state index contributed by atoms with van der Waals surface area (Å²) < 4.78 is 7.23. The molecule has 7 heteroatoms. The molecule has 29 heavy (non-hydrogen) atoms. The second kappa shape index (κ2) is 9.54. The van der Waals surface area contributed by atoms with E-state index in [1.54, 1.807) is 36.8 Å². The second-order valence-corrected chi connectivity index (χ2v) is 6.74. The smallest absolute Gasteiger partial charge is 0.267 e. The summed E-state index contributed by atoms with van der Waals surface area (Å²) in [4.78, 5) is 29.3. The highest BCUT2D eigenvalue weighted by Gasteiger charge is 2.15. The highest BCUT2D eigenvalue weighted by Crippen LogP contribution is 2.11. The maximum Gasteiger partial charge on any atom is 0.267 e. The lowest BCUT2D eigenvalue weighted by Gasteiger charge is -2.12. The average Bonchev–Trinajstić information content (AvgIpc) is 3.40. The molecule has 0 aliphatic carbocycles. The molecule has 0 saturated carbocycles. The largest absolute Gasteiger partial charge is 0.465 e. The summed E-state index contributed by atoms with van der Waals surface area (Å²) in [6.45, 7) is 5.13. The Hall–Kier alpha value is -3.61. The molecule has 0 atom stereocenters. The van der Waals surface area contributed by atoms with Crippen LogP contribution in [-0.4, -0.2) is 27.9 Å². The van der Waals surface area contributed by atoms with E-state index >= 15 is 0 Å². The lowest BCUT2D eigenvalue weighted by molar-refractivity contribution is -0.117. The van der Waals surface area contributed by atoms with Gasteiger partial charge in [0.05, 0.1) is 12.6 Å². The second-order valence-electron chi connectivity index (χ2n) is 6.74. The number of carbonyl (C=O) groups is 2. The Balaban J connectivity index is 1.66. The van der Waals surface area contributed by atoms with Gasteiger partial charge in [-0.3, -0.25) is 9.59 Å². The van der Waals surface area contributed by atoms with E-state index in [0.29, 0.717) is 17.9 Å². The standard InChI is InChI=1S/C22H24N4O3/c1-16-6-7-18(13-17(16)2)21(27)25-20(14-19-5-3-12-29-19)22(28)24-8-4-10-26-11-9-23-15-26/h3,5-7,9,11-15H,4,8,10H2,1-2H3,(H,24,28)(H,25,27)/b20-14+. The number of nitrogens with zero attached hydrogens (tertiary/aromatic N) is 2. The SMILES string of the molecule is Cc1ccc(C(=O)N/C(=C/c2ccco2)C(=O)NCCCn2ccnc2)cc1C. The fraction of sp³-hybridized carbons (Fsp3) is 0.227. The van der Waals surface area contributed by atoms with Gasteiger partial charge < -0.3 is 19.6 Å². The van der Waals surface area contributed by atoms with E-state index in [1.165, 1.54) is 12.3 Å². The molecule has 3 rings (SSSR count). The summed E-state index contributed by atoms with van der Waals surface area (Å²) in [6.07, 6.45) is 9.08. The molecular weight excluding hydrogens is 368 g/mol. The number of rotatable bonds is 8. The van der Waals surface area contributed by atoms with Crippen molar-refractivity contribution in [3.8, 4) is 0 Å². The van der Waals surface area contributed by atoms with Crippen molar-refractivity contribution in [2.45, 2.75) is 26.8 Å². The van der Waals surface area contributed by atoms with Crippen LogP contribution in [0.4, 0.5) is 0 Å². The summed E-state index contributed by atoms with van der Waals surface area (Å²) in [5.41, 5.74) is 2.74. The summed E-state index contributed by atoms with van der Waals surface area (Å²) in [6, 6.07) is 8.87. The molecule has 2 amide bonds. The number of imidazole rings is 1. The maximum absolute atomic E-state index is 12.7. The van der Waals surface area contributed by atoms with Gasteiger partial charge in [0.1, 0.15) is 11.5 Å². The Labute approximate surface area is 169 Å². The van der Waals surface area contributed by atoms with Crippen molar-refractivity contribution in [2.75, 3.05) is 6.54 Å². The van der Waals surface area contributed by atoms with Gasteiger partial charge in [-0.2, -0.15) is 0 Å². The molecule has 2 aromatic heterocycles. The van der Waals surface area contributed by atoms with Gasteiger partial charge in [-0.25, -0.2) is 4.98 Å². The first kappa shape index (κ1) is 20.1. The van der Waals surface area contributed by atoms with Gasteiger partial charge in [-0.05, 0) is 55.7 Å². The average molecular weight is 392 g/mol. The zero-order valence-corrected chi connectivity index (χ0v) is 16.5. The predicted molar refractivity (Wildman–Crippen MR) is 110 cm³/mol. The van der Waals surface area contributed by atoms with Crippen molar-refractivity contribution < 1.29 is 14.0 Å². The summed E-state index contributed by atoms with van der Waals surface area (Å²) >= 11 is 0. The number of aromatic nitrogens is 2. The maximum atomic E-state index is 12.7. The number of carbonyl (C=O) groups excluding carboxylic acids is 2. The van der Waals surface area contributed by atoms with E-state index < -0.39 is 0 Å². The van der Waals surface area contributed by atoms with E-state index in [2.05, 4.69) is 15.6 Å². The Morgan fingerprint density at radius 1 is 1.21 bits per heavy atom.